The topological polar surface area (TPSA) is 38.1 Å². The monoisotopic (exact) mass is 188 g/mol. The number of hydrogen-bond acceptors (Lipinski definition) is 3. The fourth-order valence-electron chi connectivity index (χ4n) is 1.98. The molecule has 0 saturated heterocycles. The second-order valence-electron chi connectivity index (χ2n) is 3.71. The lowest BCUT2D eigenvalue weighted by atomic mass is 10.1. The molecule has 2 aromatic rings. The summed E-state index contributed by atoms with van der Waals surface area (Å²) in [6.07, 6.45) is 5.14. The van der Waals surface area contributed by atoms with Crippen molar-refractivity contribution < 1.29 is 4.42 Å². The van der Waals surface area contributed by atoms with Crippen LogP contribution in [0, 0.1) is 0 Å². The van der Waals surface area contributed by atoms with Crippen molar-refractivity contribution in [3.8, 4) is 0 Å². The molecule has 0 fully saturated rings. The van der Waals surface area contributed by atoms with Gasteiger partial charge in [-0.1, -0.05) is 0 Å². The van der Waals surface area contributed by atoms with Gasteiger partial charge in [-0.2, -0.15) is 0 Å². The number of oxazole rings is 1. The summed E-state index contributed by atoms with van der Waals surface area (Å²) in [6.45, 7) is 1.06. The maximum atomic E-state index is 5.27. The van der Waals surface area contributed by atoms with Crippen molar-refractivity contribution in [1.29, 1.82) is 0 Å². The van der Waals surface area contributed by atoms with Gasteiger partial charge in [0.2, 0.25) is 0 Å². The van der Waals surface area contributed by atoms with Crippen LogP contribution in [0.15, 0.2) is 22.9 Å². The zero-order chi connectivity index (χ0) is 9.38. The number of aromatic nitrogens is 1. The highest BCUT2D eigenvalue weighted by Gasteiger charge is 2.10. The van der Waals surface area contributed by atoms with E-state index in [2.05, 4.69) is 22.4 Å². The van der Waals surface area contributed by atoms with Crippen molar-refractivity contribution in [2.45, 2.75) is 19.3 Å². The first-order chi connectivity index (χ1) is 6.93. The minimum absolute atomic E-state index is 0.873. The Labute approximate surface area is 82.1 Å². The van der Waals surface area contributed by atoms with Crippen LogP contribution in [0.5, 0.6) is 0 Å². The van der Waals surface area contributed by atoms with Gasteiger partial charge in [0.1, 0.15) is 5.52 Å². The minimum atomic E-state index is 0.873. The molecule has 3 rings (SSSR count). The smallest absolute Gasteiger partial charge is 0.181 e. The Morgan fingerprint density at radius 1 is 1.29 bits per heavy atom. The molecule has 0 spiro atoms. The van der Waals surface area contributed by atoms with Crippen LogP contribution in [0.1, 0.15) is 18.4 Å². The molecule has 0 amide bonds. The van der Waals surface area contributed by atoms with Gasteiger partial charge in [-0.15, -0.1) is 0 Å². The van der Waals surface area contributed by atoms with E-state index in [1.165, 1.54) is 30.5 Å². The number of fused-ring (bicyclic) bond motifs is 2. The number of anilines is 1. The average molecular weight is 188 g/mol. The van der Waals surface area contributed by atoms with E-state index in [1.54, 1.807) is 0 Å². The van der Waals surface area contributed by atoms with Crippen molar-refractivity contribution in [2.24, 2.45) is 0 Å². The summed E-state index contributed by atoms with van der Waals surface area (Å²) in [5.74, 6) is 0. The predicted octanol–water partition coefficient (Wildman–Crippen LogP) is 2.58. The highest BCUT2D eigenvalue weighted by atomic mass is 16.3. The fourth-order valence-corrected chi connectivity index (χ4v) is 1.98. The molecule has 0 aliphatic carbocycles. The second-order valence-corrected chi connectivity index (χ2v) is 3.71. The van der Waals surface area contributed by atoms with Gasteiger partial charge in [0, 0.05) is 18.3 Å². The van der Waals surface area contributed by atoms with Gasteiger partial charge < -0.3 is 9.73 Å². The SMILES string of the molecule is c1nc2cc3c(cc2o1)NCCCC3. The Balaban J connectivity index is 2.19. The van der Waals surface area contributed by atoms with E-state index in [1.807, 2.05) is 0 Å². The lowest BCUT2D eigenvalue weighted by Gasteiger charge is -2.05. The lowest BCUT2D eigenvalue weighted by molar-refractivity contribution is 0.602. The van der Waals surface area contributed by atoms with Crippen molar-refractivity contribution >= 4 is 16.8 Å². The van der Waals surface area contributed by atoms with Crippen LogP contribution in [-0.4, -0.2) is 11.5 Å². The molecule has 1 aliphatic heterocycles. The molecule has 2 heterocycles. The Morgan fingerprint density at radius 2 is 2.29 bits per heavy atom. The van der Waals surface area contributed by atoms with E-state index in [0.717, 1.165) is 24.1 Å². The molecular formula is C11H12N2O. The summed E-state index contributed by atoms with van der Waals surface area (Å²) in [4.78, 5) is 4.16. The number of rotatable bonds is 0. The van der Waals surface area contributed by atoms with E-state index in [4.69, 9.17) is 4.42 Å². The number of aryl methyl sites for hydroxylation is 1. The third-order valence-electron chi connectivity index (χ3n) is 2.74. The second kappa shape index (κ2) is 3.01. The van der Waals surface area contributed by atoms with E-state index in [9.17, 15) is 0 Å². The van der Waals surface area contributed by atoms with E-state index in [-0.39, 0.29) is 0 Å². The first-order valence-corrected chi connectivity index (χ1v) is 5.03. The van der Waals surface area contributed by atoms with Crippen LogP contribution in [0.2, 0.25) is 0 Å². The van der Waals surface area contributed by atoms with Crippen molar-refractivity contribution in [3.63, 3.8) is 0 Å². The molecule has 1 aromatic carbocycles. The van der Waals surface area contributed by atoms with E-state index < -0.39 is 0 Å². The normalized spacial score (nSPS) is 16.0. The highest BCUT2D eigenvalue weighted by Crippen LogP contribution is 2.26. The van der Waals surface area contributed by atoms with Gasteiger partial charge in [-0.3, -0.25) is 0 Å². The van der Waals surface area contributed by atoms with Crippen molar-refractivity contribution in [1.82, 2.24) is 4.98 Å². The van der Waals surface area contributed by atoms with Gasteiger partial charge in [0.15, 0.2) is 12.0 Å². The molecule has 3 nitrogen and oxygen atoms in total. The molecule has 1 N–H and O–H groups in total. The molecule has 0 atom stereocenters. The van der Waals surface area contributed by atoms with Crippen LogP contribution in [0.25, 0.3) is 11.1 Å². The molecular weight excluding hydrogens is 176 g/mol. The molecule has 3 heteroatoms. The first kappa shape index (κ1) is 7.85. The summed E-state index contributed by atoms with van der Waals surface area (Å²) >= 11 is 0. The van der Waals surface area contributed by atoms with Crippen LogP contribution in [0.4, 0.5) is 5.69 Å². The molecule has 14 heavy (non-hydrogen) atoms. The first-order valence-electron chi connectivity index (χ1n) is 5.03. The quantitative estimate of drug-likeness (QED) is 0.690. The summed E-state index contributed by atoms with van der Waals surface area (Å²) in [7, 11) is 0. The van der Waals surface area contributed by atoms with Crippen LogP contribution in [-0.2, 0) is 6.42 Å². The molecule has 1 aliphatic rings. The molecule has 1 aromatic heterocycles. The number of benzene rings is 1. The molecule has 72 valence electrons. The van der Waals surface area contributed by atoms with Crippen LogP contribution in [0.3, 0.4) is 0 Å². The summed E-state index contributed by atoms with van der Waals surface area (Å²) in [5, 5.41) is 3.42. The highest BCUT2D eigenvalue weighted by molar-refractivity contribution is 5.79. The third kappa shape index (κ3) is 1.16. The number of nitrogens with one attached hydrogen (secondary N) is 1. The average Bonchev–Trinajstić information content (AvgIpc) is 2.51. The Kier molecular flexibility index (Phi) is 1.69. The Bertz CT molecular complexity index is 421. The number of hydrogen-bond donors (Lipinski definition) is 1. The summed E-state index contributed by atoms with van der Waals surface area (Å²) < 4.78 is 5.27. The maximum Gasteiger partial charge on any atom is 0.181 e. The molecule has 0 saturated carbocycles. The number of nitrogens with zero attached hydrogens (tertiary/aromatic N) is 1. The standard InChI is InChI=1S/C11H12N2O/c1-2-4-12-9-6-11-10(13-7-14-11)5-8(9)3-1/h5-7,12H,1-4H2. The van der Waals surface area contributed by atoms with Gasteiger partial charge in [0.05, 0.1) is 0 Å². The van der Waals surface area contributed by atoms with E-state index >= 15 is 0 Å². The fraction of sp³-hybridized carbons (Fsp3) is 0.364. The van der Waals surface area contributed by atoms with Gasteiger partial charge in [-0.05, 0) is 30.9 Å². The third-order valence-corrected chi connectivity index (χ3v) is 2.74. The molecule has 0 unspecified atom stereocenters. The van der Waals surface area contributed by atoms with Gasteiger partial charge in [0.25, 0.3) is 0 Å². The van der Waals surface area contributed by atoms with Crippen LogP contribution >= 0.6 is 0 Å². The lowest BCUT2D eigenvalue weighted by Crippen LogP contribution is -1.99. The predicted molar refractivity (Wildman–Crippen MR) is 55.4 cm³/mol. The summed E-state index contributed by atoms with van der Waals surface area (Å²) in [5.41, 5.74) is 4.42. The van der Waals surface area contributed by atoms with Gasteiger partial charge in [-0.25, -0.2) is 4.98 Å². The Hall–Kier alpha value is -1.51. The Morgan fingerprint density at radius 3 is 3.29 bits per heavy atom. The van der Waals surface area contributed by atoms with E-state index in [0.29, 0.717) is 0 Å². The molecule has 0 radical (unpaired) electrons. The maximum absolute atomic E-state index is 5.27. The minimum Gasteiger partial charge on any atom is -0.443 e. The zero-order valence-electron chi connectivity index (χ0n) is 7.92. The summed E-state index contributed by atoms with van der Waals surface area (Å²) in [6, 6.07) is 4.19. The zero-order valence-corrected chi connectivity index (χ0v) is 7.92. The largest absolute Gasteiger partial charge is 0.443 e. The van der Waals surface area contributed by atoms with Crippen molar-refractivity contribution in [3.05, 3.63) is 24.1 Å². The van der Waals surface area contributed by atoms with Crippen LogP contribution < -0.4 is 5.32 Å². The van der Waals surface area contributed by atoms with Crippen molar-refractivity contribution in [2.75, 3.05) is 11.9 Å². The van der Waals surface area contributed by atoms with Gasteiger partial charge >= 0.3 is 0 Å². The molecule has 0 bridgehead atoms.